The number of carbonyl (C=O) groups excluding carboxylic acids is 2. The Balaban J connectivity index is 1.75. The molecule has 0 saturated carbocycles. The lowest BCUT2D eigenvalue weighted by atomic mass is 9.98. The molecule has 4 rings (SSSR count). The van der Waals surface area contributed by atoms with Gasteiger partial charge in [0.05, 0.1) is 27.3 Å². The number of hydrogen-bond acceptors (Lipinski definition) is 4. The molecule has 0 aliphatic carbocycles. The highest BCUT2D eigenvalue weighted by molar-refractivity contribution is 9.10. The van der Waals surface area contributed by atoms with Gasteiger partial charge in [0.2, 0.25) is 17.8 Å². The van der Waals surface area contributed by atoms with Crippen molar-refractivity contribution >= 4 is 39.1 Å². The third-order valence-corrected chi connectivity index (χ3v) is 5.68. The van der Waals surface area contributed by atoms with Crippen LogP contribution < -0.4 is 10.2 Å². The normalized spacial score (nSPS) is 15.2. The van der Waals surface area contributed by atoms with E-state index >= 15 is 0 Å². The molecule has 1 aliphatic heterocycles. The lowest BCUT2D eigenvalue weighted by molar-refractivity contribution is -0.122. The molecule has 0 saturated heterocycles. The monoisotopic (exact) mass is 486 g/mol. The molecule has 9 heteroatoms. The first-order valence-electron chi connectivity index (χ1n) is 9.45. The molecule has 31 heavy (non-hydrogen) atoms. The van der Waals surface area contributed by atoms with E-state index in [4.69, 9.17) is 0 Å². The average Bonchev–Trinajstić information content (AvgIpc) is 2.80. The Morgan fingerprint density at radius 1 is 1.26 bits per heavy atom. The lowest BCUT2D eigenvalue weighted by Gasteiger charge is -2.24. The van der Waals surface area contributed by atoms with Crippen LogP contribution in [0.4, 0.5) is 20.2 Å². The molecule has 2 amide bonds. The number of pyridine rings is 2. The van der Waals surface area contributed by atoms with Crippen LogP contribution in [-0.2, 0) is 9.59 Å². The van der Waals surface area contributed by atoms with Crippen molar-refractivity contribution in [2.24, 2.45) is 0 Å². The van der Waals surface area contributed by atoms with Crippen LogP contribution in [-0.4, -0.2) is 28.3 Å². The van der Waals surface area contributed by atoms with Crippen molar-refractivity contribution in [2.75, 3.05) is 16.8 Å². The van der Waals surface area contributed by atoms with Gasteiger partial charge in [0.25, 0.3) is 0 Å². The van der Waals surface area contributed by atoms with Gasteiger partial charge in [0, 0.05) is 23.1 Å². The first kappa shape index (κ1) is 21.0. The van der Waals surface area contributed by atoms with E-state index < -0.39 is 29.5 Å². The summed E-state index contributed by atoms with van der Waals surface area (Å²) in [7, 11) is 0. The van der Waals surface area contributed by atoms with Crippen molar-refractivity contribution in [2.45, 2.75) is 19.8 Å². The minimum absolute atomic E-state index is 0.119. The summed E-state index contributed by atoms with van der Waals surface area (Å²) in [6.07, 6.45) is 1.53. The van der Waals surface area contributed by atoms with Crippen LogP contribution in [0.3, 0.4) is 0 Å². The molecular formula is C22H17BrF2N4O2. The summed E-state index contributed by atoms with van der Waals surface area (Å²) >= 11 is 3.06. The fourth-order valence-corrected chi connectivity index (χ4v) is 3.85. The number of fused-ring (bicyclic) bond motifs is 3. The second kappa shape index (κ2) is 8.14. The van der Waals surface area contributed by atoms with Gasteiger partial charge in [-0.1, -0.05) is 6.07 Å². The standard InChI is InChI=1S/C22H17BrF2N4O2/c1-11-8-17-19(21(25)27-11)14-4-3-7-26-20(14)12(2)22(31)29(17)10-18(30)28-13-5-6-15(23)16(24)9-13/h3-9,12H,10H2,1-2H3,(H,28,30). The summed E-state index contributed by atoms with van der Waals surface area (Å²) in [5.74, 6) is -2.94. The molecule has 158 valence electrons. The number of halogens is 3. The van der Waals surface area contributed by atoms with Gasteiger partial charge in [-0.3, -0.25) is 14.6 Å². The molecule has 0 fully saturated rings. The van der Waals surface area contributed by atoms with Crippen LogP contribution in [0.15, 0.2) is 47.1 Å². The average molecular weight is 487 g/mol. The van der Waals surface area contributed by atoms with Crippen LogP contribution >= 0.6 is 15.9 Å². The molecule has 6 nitrogen and oxygen atoms in total. The molecule has 3 aromatic rings. The molecule has 3 heterocycles. The van der Waals surface area contributed by atoms with Gasteiger partial charge in [-0.05, 0) is 60.1 Å². The van der Waals surface area contributed by atoms with E-state index in [0.717, 1.165) is 6.07 Å². The molecule has 1 atom stereocenters. The number of rotatable bonds is 3. The largest absolute Gasteiger partial charge is 0.324 e. The minimum Gasteiger partial charge on any atom is -0.324 e. The number of amides is 2. The van der Waals surface area contributed by atoms with Gasteiger partial charge >= 0.3 is 0 Å². The Hall–Kier alpha value is -3.20. The molecule has 1 aliphatic rings. The van der Waals surface area contributed by atoms with Crippen molar-refractivity contribution in [1.29, 1.82) is 0 Å². The van der Waals surface area contributed by atoms with Crippen molar-refractivity contribution in [3.63, 3.8) is 0 Å². The quantitative estimate of drug-likeness (QED) is 0.549. The molecule has 0 radical (unpaired) electrons. The van der Waals surface area contributed by atoms with Crippen LogP contribution in [0.25, 0.3) is 11.1 Å². The lowest BCUT2D eigenvalue weighted by Crippen LogP contribution is -2.40. The maximum atomic E-state index is 15.0. The summed E-state index contributed by atoms with van der Waals surface area (Å²) in [5, 5.41) is 2.58. The van der Waals surface area contributed by atoms with E-state index in [0.29, 0.717) is 17.0 Å². The van der Waals surface area contributed by atoms with Gasteiger partial charge in [-0.25, -0.2) is 9.37 Å². The number of nitrogens with one attached hydrogen (secondary N) is 1. The van der Waals surface area contributed by atoms with E-state index in [1.165, 1.54) is 23.2 Å². The third kappa shape index (κ3) is 3.93. The number of hydrogen-bond donors (Lipinski definition) is 1. The van der Waals surface area contributed by atoms with Crippen LogP contribution in [0, 0.1) is 18.7 Å². The fraction of sp³-hybridized carbons (Fsp3) is 0.182. The fourth-order valence-electron chi connectivity index (χ4n) is 3.61. The molecule has 2 aromatic heterocycles. The summed E-state index contributed by atoms with van der Waals surface area (Å²) in [5.41, 5.74) is 1.84. The van der Waals surface area contributed by atoms with Crippen molar-refractivity contribution < 1.29 is 18.4 Å². The molecule has 0 spiro atoms. The van der Waals surface area contributed by atoms with Crippen LogP contribution in [0.2, 0.25) is 0 Å². The second-order valence-electron chi connectivity index (χ2n) is 7.21. The molecule has 0 bridgehead atoms. The predicted molar refractivity (Wildman–Crippen MR) is 116 cm³/mol. The molecule has 1 N–H and O–H groups in total. The number of anilines is 2. The van der Waals surface area contributed by atoms with E-state index in [2.05, 4.69) is 31.2 Å². The zero-order valence-corrected chi connectivity index (χ0v) is 18.2. The number of aryl methyl sites for hydroxylation is 1. The highest BCUT2D eigenvalue weighted by Crippen LogP contribution is 2.41. The van der Waals surface area contributed by atoms with E-state index in [9.17, 15) is 18.4 Å². The van der Waals surface area contributed by atoms with E-state index in [1.54, 1.807) is 32.0 Å². The summed E-state index contributed by atoms with van der Waals surface area (Å²) < 4.78 is 29.0. The van der Waals surface area contributed by atoms with E-state index in [-0.39, 0.29) is 28.0 Å². The van der Waals surface area contributed by atoms with Crippen LogP contribution in [0.5, 0.6) is 0 Å². The molecule has 1 aromatic carbocycles. The van der Waals surface area contributed by atoms with E-state index in [1.807, 2.05) is 0 Å². The first-order chi connectivity index (χ1) is 14.8. The highest BCUT2D eigenvalue weighted by Gasteiger charge is 2.35. The number of carbonyl (C=O) groups is 2. The second-order valence-corrected chi connectivity index (χ2v) is 8.06. The SMILES string of the molecule is Cc1cc2c(c(F)n1)-c1cccnc1C(C)C(=O)N2CC(=O)Nc1ccc(Br)c(F)c1. The number of nitrogens with zero attached hydrogens (tertiary/aromatic N) is 3. The van der Waals surface area contributed by atoms with Crippen molar-refractivity contribution in [3.8, 4) is 11.1 Å². The maximum Gasteiger partial charge on any atom is 0.244 e. The van der Waals surface area contributed by atoms with Crippen molar-refractivity contribution in [1.82, 2.24) is 9.97 Å². The smallest absolute Gasteiger partial charge is 0.244 e. The van der Waals surface area contributed by atoms with Gasteiger partial charge in [-0.2, -0.15) is 4.39 Å². The van der Waals surface area contributed by atoms with Gasteiger partial charge in [0.1, 0.15) is 12.4 Å². The van der Waals surface area contributed by atoms with Gasteiger partial charge in [-0.15, -0.1) is 0 Å². The topological polar surface area (TPSA) is 75.2 Å². The summed E-state index contributed by atoms with van der Waals surface area (Å²) in [6.45, 7) is 2.88. The number of benzene rings is 1. The van der Waals surface area contributed by atoms with Crippen LogP contribution in [0.1, 0.15) is 24.2 Å². The molecule has 1 unspecified atom stereocenters. The number of aromatic nitrogens is 2. The Morgan fingerprint density at radius 2 is 2.03 bits per heavy atom. The molecular weight excluding hydrogens is 470 g/mol. The first-order valence-corrected chi connectivity index (χ1v) is 10.2. The Labute approximate surface area is 185 Å². The van der Waals surface area contributed by atoms with Gasteiger partial charge < -0.3 is 10.2 Å². The zero-order chi connectivity index (χ0) is 22.3. The Bertz CT molecular complexity index is 1220. The maximum absolute atomic E-state index is 15.0. The summed E-state index contributed by atoms with van der Waals surface area (Å²) in [6, 6.07) is 9.06. The Kier molecular flexibility index (Phi) is 5.53. The van der Waals surface area contributed by atoms with Gasteiger partial charge in [0.15, 0.2) is 0 Å². The summed E-state index contributed by atoms with van der Waals surface area (Å²) in [4.78, 5) is 35.4. The predicted octanol–water partition coefficient (Wildman–Crippen LogP) is 4.58. The zero-order valence-electron chi connectivity index (χ0n) is 16.6. The minimum atomic E-state index is -0.744. The third-order valence-electron chi connectivity index (χ3n) is 5.03. The highest BCUT2D eigenvalue weighted by atomic mass is 79.9. The Morgan fingerprint density at radius 3 is 2.77 bits per heavy atom. The van der Waals surface area contributed by atoms with Crippen molar-refractivity contribution in [3.05, 3.63) is 70.2 Å².